The van der Waals surface area contributed by atoms with Gasteiger partial charge in [-0.15, -0.1) is 0 Å². The number of unbranched alkanes of at least 4 members (excludes halogenated alkanes) is 5. The van der Waals surface area contributed by atoms with Crippen molar-refractivity contribution in [2.75, 3.05) is 13.2 Å². The van der Waals surface area contributed by atoms with Crippen LogP contribution in [0, 0.1) is 0 Å². The van der Waals surface area contributed by atoms with Gasteiger partial charge in [-0.25, -0.2) is 0 Å². The molecule has 2 rings (SSSR count). The lowest BCUT2D eigenvalue weighted by Crippen LogP contribution is -2.64. The molecule has 0 aromatic rings. The van der Waals surface area contributed by atoms with Crippen LogP contribution in [-0.2, 0) is 18.9 Å². The number of aliphatic hydroxyl groups is 5. The van der Waals surface area contributed by atoms with Crippen molar-refractivity contribution in [3.05, 3.63) is 0 Å². The van der Waals surface area contributed by atoms with Crippen LogP contribution in [0.4, 0.5) is 0 Å². The molecule has 2 aliphatic rings. The van der Waals surface area contributed by atoms with Crippen LogP contribution in [0.3, 0.4) is 0 Å². The summed E-state index contributed by atoms with van der Waals surface area (Å²) in [5, 5.41) is 50.9. The first-order valence-electron chi connectivity index (χ1n) is 11.0. The molecule has 30 heavy (non-hydrogen) atoms. The van der Waals surface area contributed by atoms with E-state index < -0.39 is 61.4 Å². The second-order valence-electron chi connectivity index (χ2n) is 8.18. The van der Waals surface area contributed by atoms with Crippen molar-refractivity contribution in [2.45, 2.75) is 114 Å². The quantitative estimate of drug-likeness (QED) is 0.220. The third kappa shape index (κ3) is 6.55. The van der Waals surface area contributed by atoms with Gasteiger partial charge in [0.05, 0.1) is 6.10 Å². The summed E-state index contributed by atoms with van der Waals surface area (Å²) in [6, 6.07) is 0. The van der Waals surface area contributed by atoms with E-state index in [-0.39, 0.29) is 6.54 Å². The highest BCUT2D eigenvalue weighted by atomic mass is 16.8. The summed E-state index contributed by atoms with van der Waals surface area (Å²) >= 11 is 0. The average molecular weight is 438 g/mol. The zero-order valence-electron chi connectivity index (χ0n) is 17.9. The standard InChI is InChI=1S/C20H39NO9/c1-3-4-5-6-7-8-9-27-20-18(16(25)14(23)12(10-21)29-20)30-19-17(26)15(24)13(22)11(2)28-19/h11-20,22-26H,3-10,21H2,1-2H3/t11-,12+,13+,14-,15+,16-,17-,18+,19-,20+/m0/s1. The fourth-order valence-corrected chi connectivity index (χ4v) is 3.74. The van der Waals surface area contributed by atoms with Crippen molar-refractivity contribution >= 4 is 0 Å². The molecule has 178 valence electrons. The average Bonchev–Trinajstić information content (AvgIpc) is 2.74. The van der Waals surface area contributed by atoms with Gasteiger partial charge < -0.3 is 50.2 Å². The Balaban J connectivity index is 1.97. The van der Waals surface area contributed by atoms with E-state index in [2.05, 4.69) is 6.92 Å². The van der Waals surface area contributed by atoms with Crippen LogP contribution in [0.2, 0.25) is 0 Å². The van der Waals surface area contributed by atoms with Crippen molar-refractivity contribution in [3.8, 4) is 0 Å². The summed E-state index contributed by atoms with van der Waals surface area (Å²) in [6.07, 6.45) is -5.79. The number of hydrogen-bond donors (Lipinski definition) is 6. The lowest BCUT2D eigenvalue weighted by atomic mass is 9.97. The maximum absolute atomic E-state index is 10.6. The topological polar surface area (TPSA) is 164 Å². The van der Waals surface area contributed by atoms with E-state index in [4.69, 9.17) is 24.7 Å². The van der Waals surface area contributed by atoms with Crippen molar-refractivity contribution < 1.29 is 44.5 Å². The summed E-state index contributed by atoms with van der Waals surface area (Å²) in [5.41, 5.74) is 5.63. The Bertz CT molecular complexity index is 485. The molecule has 2 saturated heterocycles. The van der Waals surface area contributed by atoms with E-state index in [1.165, 1.54) is 26.2 Å². The molecular formula is C20H39NO9. The predicted molar refractivity (Wildman–Crippen MR) is 106 cm³/mol. The Morgan fingerprint density at radius 3 is 2.10 bits per heavy atom. The third-order valence-electron chi connectivity index (χ3n) is 5.76. The van der Waals surface area contributed by atoms with Crippen molar-refractivity contribution in [1.82, 2.24) is 0 Å². The lowest BCUT2D eigenvalue weighted by molar-refractivity contribution is -0.362. The van der Waals surface area contributed by atoms with Crippen LogP contribution in [-0.4, -0.2) is 100 Å². The van der Waals surface area contributed by atoms with Gasteiger partial charge in [-0.3, -0.25) is 0 Å². The Labute approximate surface area is 177 Å². The van der Waals surface area contributed by atoms with Crippen molar-refractivity contribution in [3.63, 3.8) is 0 Å². The SMILES string of the molecule is CCCCCCCCO[C@@H]1O[C@H](CN)[C@H](O)[C@H](O)[C@H]1O[C@@H]1O[C@@H](C)[C@@H](O)[C@@H](O)[C@@H]1O. The number of rotatable bonds is 11. The molecule has 0 amide bonds. The normalized spacial score (nSPS) is 42.4. The van der Waals surface area contributed by atoms with Gasteiger partial charge in [0.2, 0.25) is 0 Å². The van der Waals surface area contributed by atoms with E-state index in [0.29, 0.717) is 6.61 Å². The molecule has 0 spiro atoms. The van der Waals surface area contributed by atoms with Crippen LogP contribution in [0.5, 0.6) is 0 Å². The van der Waals surface area contributed by atoms with Crippen LogP contribution in [0.15, 0.2) is 0 Å². The van der Waals surface area contributed by atoms with Gasteiger partial charge >= 0.3 is 0 Å². The maximum atomic E-state index is 10.6. The zero-order valence-corrected chi connectivity index (χ0v) is 17.9. The first-order chi connectivity index (χ1) is 14.3. The first kappa shape index (κ1) is 25.9. The summed E-state index contributed by atoms with van der Waals surface area (Å²) in [4.78, 5) is 0. The molecular weight excluding hydrogens is 398 g/mol. The van der Waals surface area contributed by atoms with E-state index in [1.54, 1.807) is 0 Å². The predicted octanol–water partition coefficient (Wildman–Crippen LogP) is -1.02. The molecule has 2 heterocycles. The van der Waals surface area contributed by atoms with E-state index in [9.17, 15) is 25.5 Å². The first-order valence-corrected chi connectivity index (χ1v) is 11.0. The van der Waals surface area contributed by atoms with Crippen LogP contribution < -0.4 is 5.73 Å². The molecule has 0 unspecified atom stereocenters. The molecule has 2 aliphatic heterocycles. The summed E-state index contributed by atoms with van der Waals surface area (Å²) in [5.74, 6) is 0. The minimum absolute atomic E-state index is 0.0215. The molecule has 0 radical (unpaired) electrons. The molecule has 10 heteroatoms. The van der Waals surface area contributed by atoms with Gasteiger partial charge in [0.15, 0.2) is 12.6 Å². The highest BCUT2D eigenvalue weighted by molar-refractivity contribution is 4.93. The summed E-state index contributed by atoms with van der Waals surface area (Å²) in [7, 11) is 0. The molecule has 0 aromatic carbocycles. The maximum Gasteiger partial charge on any atom is 0.187 e. The van der Waals surface area contributed by atoms with E-state index in [1.807, 2.05) is 0 Å². The van der Waals surface area contributed by atoms with Gasteiger partial charge in [0, 0.05) is 13.2 Å². The molecule has 0 saturated carbocycles. The van der Waals surface area contributed by atoms with Crippen LogP contribution in [0.25, 0.3) is 0 Å². The summed E-state index contributed by atoms with van der Waals surface area (Å²) < 4.78 is 22.6. The second-order valence-corrected chi connectivity index (χ2v) is 8.18. The third-order valence-corrected chi connectivity index (χ3v) is 5.76. The van der Waals surface area contributed by atoms with Gasteiger partial charge in [-0.05, 0) is 13.3 Å². The molecule has 7 N–H and O–H groups in total. The van der Waals surface area contributed by atoms with Gasteiger partial charge in [0.1, 0.15) is 42.7 Å². The molecule has 10 atom stereocenters. The monoisotopic (exact) mass is 437 g/mol. The molecule has 2 fully saturated rings. The molecule has 0 bridgehead atoms. The fourth-order valence-electron chi connectivity index (χ4n) is 3.74. The van der Waals surface area contributed by atoms with Gasteiger partial charge in [-0.1, -0.05) is 39.0 Å². The minimum Gasteiger partial charge on any atom is -0.388 e. The smallest absolute Gasteiger partial charge is 0.187 e. The second kappa shape index (κ2) is 12.6. The Hall–Kier alpha value is -0.400. The van der Waals surface area contributed by atoms with Gasteiger partial charge in [0.25, 0.3) is 0 Å². The fraction of sp³-hybridized carbons (Fsp3) is 1.00. The Morgan fingerprint density at radius 1 is 0.767 bits per heavy atom. The molecule has 0 aliphatic carbocycles. The van der Waals surface area contributed by atoms with Crippen LogP contribution >= 0.6 is 0 Å². The highest BCUT2D eigenvalue weighted by Crippen LogP contribution is 2.29. The summed E-state index contributed by atoms with van der Waals surface area (Å²) in [6.45, 7) is 4.02. The van der Waals surface area contributed by atoms with Crippen molar-refractivity contribution in [2.24, 2.45) is 5.73 Å². The van der Waals surface area contributed by atoms with Crippen molar-refractivity contribution in [1.29, 1.82) is 0 Å². The molecule has 0 aromatic heterocycles. The number of nitrogens with two attached hydrogens (primary N) is 1. The van der Waals surface area contributed by atoms with E-state index >= 15 is 0 Å². The van der Waals surface area contributed by atoms with Gasteiger partial charge in [-0.2, -0.15) is 0 Å². The minimum atomic E-state index is -1.55. The lowest BCUT2D eigenvalue weighted by Gasteiger charge is -2.45. The number of ether oxygens (including phenoxy) is 4. The number of aliphatic hydroxyl groups excluding tert-OH is 5. The van der Waals surface area contributed by atoms with Crippen LogP contribution in [0.1, 0.15) is 52.4 Å². The molecule has 10 nitrogen and oxygen atoms in total. The number of hydrogen-bond acceptors (Lipinski definition) is 10. The zero-order chi connectivity index (χ0) is 22.3. The highest BCUT2D eigenvalue weighted by Gasteiger charge is 2.50. The van der Waals surface area contributed by atoms with E-state index in [0.717, 1.165) is 19.3 Å². The Kier molecular flexibility index (Phi) is 10.9. The largest absolute Gasteiger partial charge is 0.388 e. The Morgan fingerprint density at radius 2 is 1.43 bits per heavy atom.